The minimum absolute atomic E-state index is 0.0827. The van der Waals surface area contributed by atoms with E-state index in [0.717, 1.165) is 30.4 Å². The van der Waals surface area contributed by atoms with Gasteiger partial charge >= 0.3 is 12.1 Å². The third-order valence-corrected chi connectivity index (χ3v) is 16.7. The van der Waals surface area contributed by atoms with E-state index in [-0.39, 0.29) is 61.4 Å². The van der Waals surface area contributed by atoms with Crippen LogP contribution in [0.25, 0.3) is 0 Å². The number of hydrogen-bond acceptors (Lipinski definition) is 9. The Kier molecular flexibility index (Phi) is 13.5. The number of rotatable bonds is 13. The number of nitrogens with zero attached hydrogens (tertiary/aromatic N) is 3. The Balaban J connectivity index is 1.02. The number of carbonyl (C=O) groups is 2. The summed E-state index contributed by atoms with van der Waals surface area (Å²) in [5, 5.41) is 8.85. The number of likely N-dealkylation sites (tertiary alicyclic amines) is 1. The second kappa shape index (κ2) is 18.5. The summed E-state index contributed by atoms with van der Waals surface area (Å²) < 4.78 is 77.5. The molecule has 4 saturated heterocycles. The Labute approximate surface area is 348 Å². The van der Waals surface area contributed by atoms with Crippen LogP contribution in [0.4, 0.5) is 4.79 Å². The Morgan fingerprint density at radius 3 is 2.12 bits per heavy atom. The molecular formula is C44H55N3O10S2. The molecule has 4 fully saturated rings. The summed E-state index contributed by atoms with van der Waals surface area (Å²) in [6.45, 7) is 7.53. The van der Waals surface area contributed by atoms with E-state index in [9.17, 15) is 31.5 Å². The molecule has 0 saturated carbocycles. The van der Waals surface area contributed by atoms with Gasteiger partial charge in [-0.25, -0.2) is 30.7 Å². The van der Waals surface area contributed by atoms with E-state index in [1.165, 1.54) is 22.0 Å². The molecule has 0 aromatic heterocycles. The molecule has 0 spiro atoms. The molecule has 3 aromatic carbocycles. The molecule has 0 aliphatic carbocycles. The normalized spacial score (nSPS) is 23.9. The number of fused-ring (bicyclic) bond motifs is 1. The van der Waals surface area contributed by atoms with Crippen LogP contribution >= 0.6 is 0 Å². The summed E-state index contributed by atoms with van der Waals surface area (Å²) in [5.74, 6) is -1.06. The summed E-state index contributed by atoms with van der Waals surface area (Å²) in [4.78, 5) is 26.0. The van der Waals surface area contributed by atoms with Crippen LogP contribution in [0.2, 0.25) is 0 Å². The molecule has 4 heterocycles. The number of amides is 1. The lowest BCUT2D eigenvalue weighted by Crippen LogP contribution is -2.54. The Morgan fingerprint density at radius 2 is 1.47 bits per heavy atom. The number of sulfonamides is 2. The fraction of sp³-hybridized carbons (Fsp3) is 0.500. The van der Waals surface area contributed by atoms with Gasteiger partial charge < -0.3 is 24.2 Å². The number of aliphatic carboxylic acids is 1. The van der Waals surface area contributed by atoms with Crippen LogP contribution in [-0.2, 0) is 47.3 Å². The molecule has 0 unspecified atom stereocenters. The van der Waals surface area contributed by atoms with Crippen molar-refractivity contribution in [3.8, 4) is 5.75 Å². The van der Waals surface area contributed by atoms with Crippen molar-refractivity contribution in [1.82, 2.24) is 13.5 Å². The molecular weight excluding hydrogens is 795 g/mol. The van der Waals surface area contributed by atoms with Crippen molar-refractivity contribution in [3.63, 3.8) is 0 Å². The van der Waals surface area contributed by atoms with Crippen molar-refractivity contribution < 1.29 is 45.7 Å². The number of carboxylic acid groups (broad SMARTS) is 1. The molecule has 13 nitrogen and oxygen atoms in total. The minimum Gasteiger partial charge on any atom is -0.482 e. The largest absolute Gasteiger partial charge is 0.482 e. The van der Waals surface area contributed by atoms with Crippen molar-refractivity contribution in [1.29, 1.82) is 0 Å². The maximum absolute atomic E-state index is 14.1. The van der Waals surface area contributed by atoms with E-state index in [4.69, 9.17) is 14.2 Å². The lowest BCUT2D eigenvalue weighted by Gasteiger charge is -2.47. The van der Waals surface area contributed by atoms with Gasteiger partial charge in [0.25, 0.3) is 0 Å². The van der Waals surface area contributed by atoms with E-state index in [2.05, 4.69) is 18.7 Å². The van der Waals surface area contributed by atoms with Crippen LogP contribution in [0, 0.1) is 17.8 Å². The van der Waals surface area contributed by atoms with Crippen molar-refractivity contribution in [2.45, 2.75) is 80.8 Å². The second-order valence-electron chi connectivity index (χ2n) is 16.4. The van der Waals surface area contributed by atoms with Crippen molar-refractivity contribution in [2.75, 3.05) is 45.9 Å². The summed E-state index contributed by atoms with van der Waals surface area (Å²) in [7, 11) is -7.59. The topological polar surface area (TPSA) is 160 Å². The molecule has 4 aliphatic heterocycles. The van der Waals surface area contributed by atoms with Crippen LogP contribution in [-0.4, -0.2) is 105 Å². The van der Waals surface area contributed by atoms with E-state index in [1.54, 1.807) is 15.3 Å². The van der Waals surface area contributed by atoms with Gasteiger partial charge in [0.2, 0.25) is 20.0 Å². The first kappa shape index (κ1) is 42.8. The Hall–Kier alpha value is -4.28. The Morgan fingerprint density at radius 1 is 0.831 bits per heavy atom. The van der Waals surface area contributed by atoms with Crippen molar-refractivity contribution >= 4 is 32.1 Å². The molecule has 4 atom stereocenters. The van der Waals surface area contributed by atoms with Crippen LogP contribution in [0.1, 0.15) is 68.2 Å². The number of hydrogen-bond donors (Lipinski definition) is 1. The first-order chi connectivity index (χ1) is 28.3. The third-order valence-electron chi connectivity index (χ3n) is 12.4. The van der Waals surface area contributed by atoms with Crippen LogP contribution in [0.5, 0.6) is 5.75 Å². The van der Waals surface area contributed by atoms with E-state index in [0.29, 0.717) is 50.3 Å². The van der Waals surface area contributed by atoms with Crippen LogP contribution < -0.4 is 4.74 Å². The predicted octanol–water partition coefficient (Wildman–Crippen LogP) is 6.27. The molecule has 3 aromatic rings. The fourth-order valence-corrected chi connectivity index (χ4v) is 12.6. The zero-order valence-electron chi connectivity index (χ0n) is 33.6. The predicted molar refractivity (Wildman–Crippen MR) is 222 cm³/mol. The van der Waals surface area contributed by atoms with Gasteiger partial charge in [-0.1, -0.05) is 72.8 Å². The molecule has 0 radical (unpaired) electrons. The average molecular weight is 850 g/mol. The third kappa shape index (κ3) is 10.0. The molecule has 4 aliphatic rings. The SMILES string of the molecule is C=C(C)[C@H]1C[C@@H]2CN(S(=O)(=O)C3CCN(C(=O)OCc4ccccc4)CC3)CC[C@@H]2O[C@@H]1c1cc(S(=O)(=O)N2CCC(Cc3ccccc3)CC2)ccc1OCC(=O)O. The summed E-state index contributed by atoms with van der Waals surface area (Å²) in [6.07, 6.45) is 2.47. The highest BCUT2D eigenvalue weighted by Gasteiger charge is 2.46. The zero-order chi connectivity index (χ0) is 41.7. The first-order valence-electron chi connectivity index (χ1n) is 20.6. The second-order valence-corrected chi connectivity index (χ2v) is 20.5. The summed E-state index contributed by atoms with van der Waals surface area (Å²) >= 11 is 0. The lowest BCUT2D eigenvalue weighted by atomic mass is 9.76. The number of piperidine rings is 3. The zero-order valence-corrected chi connectivity index (χ0v) is 35.2. The van der Waals surface area contributed by atoms with E-state index in [1.807, 2.05) is 55.5 Å². The van der Waals surface area contributed by atoms with Gasteiger partial charge in [0, 0.05) is 50.7 Å². The van der Waals surface area contributed by atoms with Gasteiger partial charge in [-0.3, -0.25) is 0 Å². The molecule has 7 rings (SSSR count). The van der Waals surface area contributed by atoms with Gasteiger partial charge in [0.15, 0.2) is 6.61 Å². The van der Waals surface area contributed by atoms with Gasteiger partial charge in [-0.15, -0.1) is 0 Å². The molecule has 318 valence electrons. The number of carbonyl (C=O) groups excluding carboxylic acids is 1. The fourth-order valence-electron chi connectivity index (χ4n) is 9.08. The molecule has 0 bridgehead atoms. The van der Waals surface area contributed by atoms with Crippen LogP contribution in [0.15, 0.2) is 95.9 Å². The highest BCUT2D eigenvalue weighted by Crippen LogP contribution is 2.48. The van der Waals surface area contributed by atoms with E-state index < -0.39 is 50.1 Å². The monoisotopic (exact) mass is 849 g/mol. The molecule has 1 amide bonds. The lowest BCUT2D eigenvalue weighted by molar-refractivity contribution is -0.139. The Bertz CT molecular complexity index is 2170. The molecule has 59 heavy (non-hydrogen) atoms. The number of benzene rings is 3. The standard InChI is InChI=1S/C44H55N3O10S2/c1-31(2)38-26-35-28-47(58(51,52)36-17-20-45(21-18-36)44(50)56-29-34-11-7-4-8-12-34)24-19-40(35)57-43(38)39-27-37(13-14-41(39)55-30-42(48)49)59(53,54)46-22-15-33(16-23-46)25-32-9-5-3-6-10-32/h3-14,27,33,35-36,38,40,43H,1,15-26,28-30H2,2H3,(H,48,49)/t35-,38-,40+,43+/m1/s1. The summed E-state index contributed by atoms with van der Waals surface area (Å²) in [5.41, 5.74) is 3.32. The average Bonchev–Trinajstić information content (AvgIpc) is 3.25. The maximum Gasteiger partial charge on any atom is 0.410 e. The minimum atomic E-state index is -3.90. The molecule has 1 N–H and O–H groups in total. The highest BCUT2D eigenvalue weighted by molar-refractivity contribution is 7.89. The van der Waals surface area contributed by atoms with E-state index >= 15 is 0 Å². The van der Waals surface area contributed by atoms with Gasteiger partial charge in [-0.2, -0.15) is 4.31 Å². The number of ether oxygens (including phenoxy) is 3. The summed E-state index contributed by atoms with van der Waals surface area (Å²) in [6, 6.07) is 24.1. The molecule has 15 heteroatoms. The van der Waals surface area contributed by atoms with Crippen LogP contribution in [0.3, 0.4) is 0 Å². The van der Waals surface area contributed by atoms with Crippen molar-refractivity contribution in [3.05, 3.63) is 108 Å². The smallest absolute Gasteiger partial charge is 0.410 e. The highest BCUT2D eigenvalue weighted by atomic mass is 32.2. The maximum atomic E-state index is 14.1. The van der Waals surface area contributed by atoms with Gasteiger partial charge in [0.05, 0.1) is 22.4 Å². The van der Waals surface area contributed by atoms with Crippen molar-refractivity contribution in [2.24, 2.45) is 17.8 Å². The van der Waals surface area contributed by atoms with Gasteiger partial charge in [0.1, 0.15) is 12.4 Å². The quantitative estimate of drug-likeness (QED) is 0.194. The number of carboxylic acids is 1. The van der Waals surface area contributed by atoms with Gasteiger partial charge in [-0.05, 0) is 93.0 Å². The first-order valence-corrected chi connectivity index (χ1v) is 23.5.